The van der Waals surface area contributed by atoms with Crippen molar-refractivity contribution in [3.05, 3.63) is 66.7 Å². The van der Waals surface area contributed by atoms with Crippen LogP contribution in [0.1, 0.15) is 6.42 Å². The molecule has 3 N–H and O–H groups in total. The Morgan fingerprint density at radius 1 is 1.12 bits per heavy atom. The fourth-order valence-electron chi connectivity index (χ4n) is 4.29. The maximum atomic E-state index is 14.3. The van der Waals surface area contributed by atoms with Crippen molar-refractivity contribution in [1.29, 1.82) is 0 Å². The number of alkyl halides is 1. The van der Waals surface area contributed by atoms with Gasteiger partial charge in [0.2, 0.25) is 0 Å². The predicted molar refractivity (Wildman–Crippen MR) is 121 cm³/mol. The van der Waals surface area contributed by atoms with E-state index in [0.29, 0.717) is 27.8 Å². The highest BCUT2D eigenvalue weighted by atomic mass is 19.1. The molecule has 5 rings (SSSR count). The lowest BCUT2D eigenvalue weighted by Crippen LogP contribution is -2.41. The molecule has 2 atom stereocenters. The van der Waals surface area contributed by atoms with Gasteiger partial charge in [-0.2, -0.15) is 0 Å². The molecule has 1 saturated heterocycles. The lowest BCUT2D eigenvalue weighted by Gasteiger charge is -2.24. The van der Waals surface area contributed by atoms with Crippen LogP contribution < -0.4 is 11.1 Å². The largest absolute Gasteiger partial charge is 0.351 e. The zero-order valence-corrected chi connectivity index (χ0v) is 17.9. The predicted octanol–water partition coefficient (Wildman–Crippen LogP) is 3.61. The minimum Gasteiger partial charge on any atom is -0.351 e. The van der Waals surface area contributed by atoms with Crippen molar-refractivity contribution in [2.75, 3.05) is 11.9 Å². The molecule has 1 aliphatic heterocycles. The molecule has 11 heteroatoms. The Bertz CT molecular complexity index is 1370. The van der Waals surface area contributed by atoms with Gasteiger partial charge < -0.3 is 16.0 Å². The Labute approximate surface area is 192 Å². The number of halogens is 2. The number of hydrogen-bond donors (Lipinski definition) is 2. The number of fused-ring (bicyclic) bond motifs is 1. The number of aromatic nitrogens is 4. The first-order valence-corrected chi connectivity index (χ1v) is 10.7. The Morgan fingerprint density at radius 3 is 2.65 bits per heavy atom. The van der Waals surface area contributed by atoms with Crippen molar-refractivity contribution in [3.63, 3.8) is 0 Å². The van der Waals surface area contributed by atoms with Crippen molar-refractivity contribution in [1.82, 2.24) is 24.5 Å². The number of likely N-dealkylation sites (tertiary alicyclic amines) is 1. The number of amides is 3. The van der Waals surface area contributed by atoms with Gasteiger partial charge in [-0.3, -0.25) is 4.57 Å². The van der Waals surface area contributed by atoms with Crippen LogP contribution in [0.15, 0.2) is 60.9 Å². The van der Waals surface area contributed by atoms with E-state index in [1.54, 1.807) is 47.3 Å². The summed E-state index contributed by atoms with van der Waals surface area (Å²) >= 11 is 0. The van der Waals surface area contributed by atoms with Crippen LogP contribution in [0.5, 0.6) is 0 Å². The summed E-state index contributed by atoms with van der Waals surface area (Å²) in [5.41, 5.74) is 7.64. The average molecular weight is 465 g/mol. The lowest BCUT2D eigenvalue weighted by molar-refractivity contribution is 0.197. The third-order valence-corrected chi connectivity index (χ3v) is 5.89. The van der Waals surface area contributed by atoms with Crippen molar-refractivity contribution in [3.8, 4) is 11.3 Å². The van der Waals surface area contributed by atoms with E-state index >= 15 is 0 Å². The minimum atomic E-state index is -1.18. The second kappa shape index (κ2) is 8.58. The highest BCUT2D eigenvalue weighted by molar-refractivity contribution is 6.04. The van der Waals surface area contributed by atoms with E-state index < -0.39 is 24.3 Å². The van der Waals surface area contributed by atoms with Crippen LogP contribution in [-0.4, -0.2) is 55.3 Å². The number of benzene rings is 2. The molecule has 0 spiro atoms. The number of para-hydroxylation sites is 1. The standard InChI is InChI=1S/C23H21F2N7O2/c24-15-7-5-14(6-8-15)19-12-30(29-28-19)11-17-9-16(25)10-31(17)23(34)27-20-13-32(22(26)33)21-4-2-1-3-18(20)21/h1-8,12-13,16-17H,9-11H2,(H2,26,33)(H,27,34)/t16-,17+/m1/s1. The van der Waals surface area contributed by atoms with Crippen LogP contribution in [0.3, 0.4) is 0 Å². The molecule has 34 heavy (non-hydrogen) atoms. The number of carbonyl (C=O) groups excluding carboxylic acids is 2. The number of nitrogens with zero attached hydrogens (tertiary/aromatic N) is 5. The monoisotopic (exact) mass is 465 g/mol. The van der Waals surface area contributed by atoms with Crippen LogP contribution in [0.2, 0.25) is 0 Å². The number of urea groups is 1. The fourth-order valence-corrected chi connectivity index (χ4v) is 4.29. The molecule has 0 radical (unpaired) electrons. The number of nitrogens with one attached hydrogen (secondary N) is 1. The minimum absolute atomic E-state index is 0.0650. The number of carbonyl (C=O) groups is 2. The van der Waals surface area contributed by atoms with E-state index in [1.807, 2.05) is 0 Å². The molecule has 3 amide bonds. The molecule has 174 valence electrons. The molecule has 0 bridgehead atoms. The second-order valence-corrected chi connectivity index (χ2v) is 8.17. The van der Waals surface area contributed by atoms with Gasteiger partial charge in [0.1, 0.15) is 17.7 Å². The summed E-state index contributed by atoms with van der Waals surface area (Å²) in [6.45, 7) is 0.176. The Hall–Kier alpha value is -4.28. The smallest absolute Gasteiger partial charge is 0.323 e. The van der Waals surface area contributed by atoms with Gasteiger partial charge in [0.15, 0.2) is 0 Å². The van der Waals surface area contributed by atoms with Crippen LogP contribution in [0.4, 0.5) is 24.1 Å². The SMILES string of the molecule is NC(=O)n1cc(NC(=O)N2C[C@H](F)C[C@H]2Cn2cc(-c3ccc(F)cc3)nn2)c2ccccc21. The van der Waals surface area contributed by atoms with Crippen molar-refractivity contribution >= 4 is 28.7 Å². The van der Waals surface area contributed by atoms with E-state index in [4.69, 9.17) is 5.73 Å². The molecular formula is C23H21F2N7O2. The van der Waals surface area contributed by atoms with Crippen LogP contribution in [0, 0.1) is 5.82 Å². The van der Waals surface area contributed by atoms with E-state index in [1.165, 1.54) is 27.8 Å². The average Bonchev–Trinajstić information content (AvgIpc) is 3.52. The van der Waals surface area contributed by atoms with Crippen LogP contribution >= 0.6 is 0 Å². The summed E-state index contributed by atoms with van der Waals surface area (Å²) in [5, 5.41) is 11.6. The first kappa shape index (κ1) is 21.6. The number of rotatable bonds is 4. The van der Waals surface area contributed by atoms with Crippen molar-refractivity contribution < 1.29 is 18.4 Å². The Balaban J connectivity index is 1.34. The molecular weight excluding hydrogens is 444 g/mol. The molecule has 3 heterocycles. The second-order valence-electron chi connectivity index (χ2n) is 8.17. The number of primary amides is 1. The quantitative estimate of drug-likeness (QED) is 0.480. The van der Waals surface area contributed by atoms with Crippen molar-refractivity contribution in [2.45, 2.75) is 25.2 Å². The summed E-state index contributed by atoms with van der Waals surface area (Å²) in [5.74, 6) is -0.350. The van der Waals surface area contributed by atoms with Crippen LogP contribution in [-0.2, 0) is 6.54 Å². The lowest BCUT2D eigenvalue weighted by atomic mass is 10.2. The molecule has 2 aromatic heterocycles. The molecule has 2 aromatic carbocycles. The topological polar surface area (TPSA) is 111 Å². The van der Waals surface area contributed by atoms with Gasteiger partial charge in [-0.15, -0.1) is 5.10 Å². The third kappa shape index (κ3) is 4.07. The molecule has 4 aromatic rings. The Kier molecular flexibility index (Phi) is 5.44. The summed E-state index contributed by atoms with van der Waals surface area (Å²) in [6.07, 6.45) is 2.11. The van der Waals surface area contributed by atoms with Gasteiger partial charge in [0.05, 0.1) is 36.5 Å². The summed E-state index contributed by atoms with van der Waals surface area (Å²) in [7, 11) is 0. The fraction of sp³-hybridized carbons (Fsp3) is 0.217. The van der Waals surface area contributed by atoms with E-state index in [-0.39, 0.29) is 25.3 Å². The van der Waals surface area contributed by atoms with Gasteiger partial charge in [0, 0.05) is 23.6 Å². The van der Waals surface area contributed by atoms with Gasteiger partial charge in [-0.05, 0) is 30.3 Å². The van der Waals surface area contributed by atoms with E-state index in [2.05, 4.69) is 15.6 Å². The molecule has 1 aliphatic rings. The number of nitrogens with two attached hydrogens (primary N) is 1. The maximum Gasteiger partial charge on any atom is 0.323 e. The molecule has 0 aliphatic carbocycles. The molecule has 0 unspecified atom stereocenters. The molecule has 0 saturated carbocycles. The third-order valence-electron chi connectivity index (χ3n) is 5.89. The Morgan fingerprint density at radius 2 is 1.88 bits per heavy atom. The van der Waals surface area contributed by atoms with Crippen LogP contribution in [0.25, 0.3) is 22.2 Å². The number of anilines is 1. The van der Waals surface area contributed by atoms with Gasteiger partial charge in [-0.1, -0.05) is 23.4 Å². The summed E-state index contributed by atoms with van der Waals surface area (Å²) < 4.78 is 30.3. The highest BCUT2D eigenvalue weighted by Gasteiger charge is 2.36. The summed E-state index contributed by atoms with van der Waals surface area (Å²) in [6, 6.07) is 11.3. The van der Waals surface area contributed by atoms with Crippen molar-refractivity contribution in [2.24, 2.45) is 5.73 Å². The molecule has 9 nitrogen and oxygen atoms in total. The van der Waals surface area contributed by atoms with E-state index in [9.17, 15) is 18.4 Å². The molecule has 1 fully saturated rings. The highest BCUT2D eigenvalue weighted by Crippen LogP contribution is 2.28. The van der Waals surface area contributed by atoms with Gasteiger partial charge in [-0.25, -0.2) is 23.1 Å². The normalized spacial score (nSPS) is 17.9. The first-order chi connectivity index (χ1) is 16.4. The summed E-state index contributed by atoms with van der Waals surface area (Å²) in [4.78, 5) is 26.3. The maximum absolute atomic E-state index is 14.3. The number of hydrogen-bond acceptors (Lipinski definition) is 4. The van der Waals surface area contributed by atoms with Gasteiger partial charge in [0.25, 0.3) is 0 Å². The van der Waals surface area contributed by atoms with E-state index in [0.717, 1.165) is 0 Å². The zero-order valence-electron chi connectivity index (χ0n) is 17.9. The van der Waals surface area contributed by atoms with Gasteiger partial charge >= 0.3 is 12.1 Å². The zero-order chi connectivity index (χ0) is 23.8. The first-order valence-electron chi connectivity index (χ1n) is 10.7.